The number of carbonyl (C=O) groups excluding carboxylic acids is 1. The molecule has 1 aromatic heterocycles. The fourth-order valence-corrected chi connectivity index (χ4v) is 4.34. The number of hydrogen-bond donors (Lipinski definition) is 1. The van der Waals surface area contributed by atoms with Gasteiger partial charge in [-0.2, -0.15) is 0 Å². The van der Waals surface area contributed by atoms with E-state index in [1.54, 1.807) is 11.3 Å². The average Bonchev–Trinajstić information content (AvgIpc) is 3.11. The third-order valence-corrected chi connectivity index (χ3v) is 5.97. The predicted molar refractivity (Wildman–Crippen MR) is 111 cm³/mol. The molecule has 3 aromatic rings. The highest BCUT2D eigenvalue weighted by atomic mass is 35.5. The van der Waals surface area contributed by atoms with E-state index in [-0.39, 0.29) is 5.91 Å². The quantitative estimate of drug-likeness (QED) is 0.690. The van der Waals surface area contributed by atoms with Gasteiger partial charge in [0.05, 0.1) is 23.4 Å². The van der Waals surface area contributed by atoms with E-state index in [4.69, 9.17) is 21.3 Å². The Morgan fingerprint density at radius 2 is 2.04 bits per heavy atom. The summed E-state index contributed by atoms with van der Waals surface area (Å²) < 4.78 is 6.47. The van der Waals surface area contributed by atoms with Crippen molar-refractivity contribution in [2.45, 2.75) is 12.8 Å². The van der Waals surface area contributed by atoms with Gasteiger partial charge in [0.2, 0.25) is 5.91 Å². The lowest BCUT2D eigenvalue weighted by Crippen LogP contribution is -2.36. The normalized spacial score (nSPS) is 14.5. The highest BCUT2D eigenvalue weighted by molar-refractivity contribution is 7.22. The smallest absolute Gasteiger partial charge is 0.224 e. The Morgan fingerprint density at radius 1 is 1.22 bits per heavy atom. The molecule has 0 aliphatic carbocycles. The van der Waals surface area contributed by atoms with Gasteiger partial charge in [-0.3, -0.25) is 4.79 Å². The molecule has 0 radical (unpaired) electrons. The molecule has 1 fully saturated rings. The zero-order valence-corrected chi connectivity index (χ0v) is 16.4. The number of carbonyl (C=O) groups is 1. The zero-order chi connectivity index (χ0) is 18.6. The molecular weight excluding hydrogens is 382 g/mol. The number of rotatable bonds is 5. The van der Waals surface area contributed by atoms with Crippen molar-refractivity contribution in [1.29, 1.82) is 0 Å². The lowest BCUT2D eigenvalue weighted by atomic mass is 10.1. The molecule has 0 saturated carbocycles. The van der Waals surface area contributed by atoms with Crippen molar-refractivity contribution in [3.8, 4) is 0 Å². The number of thiazole rings is 1. The maximum absolute atomic E-state index is 12.3. The number of fused-ring (bicyclic) bond motifs is 1. The monoisotopic (exact) mass is 401 g/mol. The number of amides is 1. The van der Waals surface area contributed by atoms with Gasteiger partial charge in [-0.1, -0.05) is 41.1 Å². The maximum atomic E-state index is 12.3. The van der Waals surface area contributed by atoms with Crippen molar-refractivity contribution in [2.75, 3.05) is 36.5 Å². The summed E-state index contributed by atoms with van der Waals surface area (Å²) in [5, 5.41) is 4.69. The molecule has 5 nitrogen and oxygen atoms in total. The van der Waals surface area contributed by atoms with E-state index in [0.29, 0.717) is 17.9 Å². The fourth-order valence-electron chi connectivity index (χ4n) is 3.05. The Kier molecular flexibility index (Phi) is 5.57. The topological polar surface area (TPSA) is 54.5 Å². The molecule has 140 valence electrons. The number of nitrogens with zero attached hydrogens (tertiary/aromatic N) is 2. The standard InChI is InChI=1S/C20H20ClN3O2S/c21-16-4-2-1-3-14(16)5-8-19(25)22-15-6-7-17-18(13-15)27-20(23-17)24-9-11-26-12-10-24/h1-4,6-7,13H,5,8-12H2,(H,22,25). The second-order valence-electron chi connectivity index (χ2n) is 6.42. The van der Waals surface area contributed by atoms with E-state index < -0.39 is 0 Å². The van der Waals surface area contributed by atoms with Gasteiger partial charge in [-0.15, -0.1) is 0 Å². The minimum absolute atomic E-state index is 0.0211. The van der Waals surface area contributed by atoms with Crippen molar-refractivity contribution < 1.29 is 9.53 Å². The first-order valence-electron chi connectivity index (χ1n) is 8.95. The fraction of sp³-hybridized carbons (Fsp3) is 0.300. The van der Waals surface area contributed by atoms with Crippen LogP contribution in [0.3, 0.4) is 0 Å². The van der Waals surface area contributed by atoms with E-state index in [0.717, 1.165) is 52.9 Å². The minimum atomic E-state index is -0.0211. The van der Waals surface area contributed by atoms with Crippen LogP contribution in [0.4, 0.5) is 10.8 Å². The number of nitrogens with one attached hydrogen (secondary N) is 1. The average molecular weight is 402 g/mol. The number of ether oxygens (including phenoxy) is 1. The molecule has 1 saturated heterocycles. The first-order valence-corrected chi connectivity index (χ1v) is 10.1. The number of morpholine rings is 1. The number of aromatic nitrogens is 1. The highest BCUT2D eigenvalue weighted by Crippen LogP contribution is 2.31. The molecule has 0 atom stereocenters. The van der Waals surface area contributed by atoms with Gasteiger partial charge < -0.3 is 15.0 Å². The summed E-state index contributed by atoms with van der Waals surface area (Å²) in [7, 11) is 0. The minimum Gasteiger partial charge on any atom is -0.378 e. The van der Waals surface area contributed by atoms with E-state index in [2.05, 4.69) is 10.2 Å². The molecule has 1 aliphatic rings. The third-order valence-electron chi connectivity index (χ3n) is 4.52. The molecule has 2 aromatic carbocycles. The van der Waals surface area contributed by atoms with Gasteiger partial charge in [0, 0.05) is 30.2 Å². The molecule has 1 amide bonds. The summed E-state index contributed by atoms with van der Waals surface area (Å²) in [4.78, 5) is 19.2. The Labute approximate surface area is 166 Å². The molecule has 4 rings (SSSR count). The van der Waals surface area contributed by atoms with Crippen LogP contribution in [-0.2, 0) is 16.0 Å². The summed E-state index contributed by atoms with van der Waals surface area (Å²) in [6, 6.07) is 13.5. The Morgan fingerprint density at radius 3 is 2.85 bits per heavy atom. The van der Waals surface area contributed by atoms with E-state index >= 15 is 0 Å². The number of anilines is 2. The summed E-state index contributed by atoms with van der Waals surface area (Å²) in [6.45, 7) is 3.21. The Bertz CT molecular complexity index is 953. The lowest BCUT2D eigenvalue weighted by Gasteiger charge is -2.25. The van der Waals surface area contributed by atoms with Crippen molar-refractivity contribution in [3.63, 3.8) is 0 Å². The van der Waals surface area contributed by atoms with Gasteiger partial charge in [0.1, 0.15) is 0 Å². The summed E-state index contributed by atoms with van der Waals surface area (Å²) >= 11 is 7.80. The van der Waals surface area contributed by atoms with E-state index in [9.17, 15) is 4.79 Å². The molecule has 27 heavy (non-hydrogen) atoms. The molecule has 1 N–H and O–H groups in total. The molecule has 1 aliphatic heterocycles. The third kappa shape index (κ3) is 4.40. The zero-order valence-electron chi connectivity index (χ0n) is 14.8. The number of aryl methyl sites for hydroxylation is 1. The predicted octanol–water partition coefficient (Wildman–Crippen LogP) is 4.36. The van der Waals surface area contributed by atoms with Crippen LogP contribution in [0.25, 0.3) is 10.2 Å². The second-order valence-corrected chi connectivity index (χ2v) is 7.83. The Balaban J connectivity index is 1.41. The molecule has 7 heteroatoms. The van der Waals surface area contributed by atoms with Gasteiger partial charge in [-0.25, -0.2) is 4.98 Å². The van der Waals surface area contributed by atoms with Crippen LogP contribution in [0.5, 0.6) is 0 Å². The summed E-state index contributed by atoms with van der Waals surface area (Å²) in [5.74, 6) is -0.0211. The first kappa shape index (κ1) is 18.2. The van der Waals surface area contributed by atoms with Crippen molar-refractivity contribution in [2.24, 2.45) is 0 Å². The largest absolute Gasteiger partial charge is 0.378 e. The maximum Gasteiger partial charge on any atom is 0.224 e. The second kappa shape index (κ2) is 8.25. The van der Waals surface area contributed by atoms with Crippen molar-refractivity contribution >= 4 is 49.9 Å². The lowest BCUT2D eigenvalue weighted by molar-refractivity contribution is -0.116. The molecule has 0 spiro atoms. The van der Waals surface area contributed by atoms with Crippen LogP contribution in [0.1, 0.15) is 12.0 Å². The van der Waals surface area contributed by atoms with Crippen molar-refractivity contribution in [1.82, 2.24) is 4.98 Å². The number of hydrogen-bond acceptors (Lipinski definition) is 5. The first-order chi connectivity index (χ1) is 13.2. The van der Waals surface area contributed by atoms with Crippen molar-refractivity contribution in [3.05, 3.63) is 53.1 Å². The van der Waals surface area contributed by atoms with E-state index in [1.165, 1.54) is 0 Å². The van der Waals surface area contributed by atoms with Gasteiger partial charge in [0.15, 0.2) is 5.13 Å². The number of halogens is 1. The SMILES string of the molecule is O=C(CCc1ccccc1Cl)Nc1ccc2nc(N3CCOCC3)sc2c1. The number of benzene rings is 2. The van der Waals surface area contributed by atoms with Crippen LogP contribution < -0.4 is 10.2 Å². The summed E-state index contributed by atoms with van der Waals surface area (Å²) in [5.41, 5.74) is 2.74. The molecule has 0 unspecified atom stereocenters. The van der Waals surface area contributed by atoms with E-state index in [1.807, 2.05) is 42.5 Å². The van der Waals surface area contributed by atoms with Crippen LogP contribution in [-0.4, -0.2) is 37.2 Å². The Hall–Kier alpha value is -2.15. The highest BCUT2D eigenvalue weighted by Gasteiger charge is 2.15. The molecular formula is C20H20ClN3O2S. The summed E-state index contributed by atoms with van der Waals surface area (Å²) in [6.07, 6.45) is 1.01. The van der Waals surface area contributed by atoms with Crippen LogP contribution in [0, 0.1) is 0 Å². The molecule has 2 heterocycles. The van der Waals surface area contributed by atoms with Crippen LogP contribution in [0.2, 0.25) is 5.02 Å². The van der Waals surface area contributed by atoms with Gasteiger partial charge in [0.25, 0.3) is 0 Å². The van der Waals surface area contributed by atoms with Gasteiger partial charge >= 0.3 is 0 Å². The van der Waals surface area contributed by atoms with Gasteiger partial charge in [-0.05, 0) is 36.2 Å². The van der Waals surface area contributed by atoms with Crippen LogP contribution in [0.15, 0.2) is 42.5 Å². The molecule has 0 bridgehead atoms. The van der Waals surface area contributed by atoms with Crippen LogP contribution >= 0.6 is 22.9 Å².